The molecule has 0 saturated heterocycles. The Morgan fingerprint density at radius 3 is 2.16 bits per heavy atom. The number of rotatable bonds is 17. The summed E-state index contributed by atoms with van der Waals surface area (Å²) in [4.78, 5) is 13.0. The van der Waals surface area contributed by atoms with Crippen LogP contribution in [0.1, 0.15) is 102 Å². The molecule has 0 radical (unpaired) electrons. The molecular formula is C33H44O4. The Morgan fingerprint density at radius 1 is 0.730 bits per heavy atom. The van der Waals surface area contributed by atoms with Crippen LogP contribution in [-0.4, -0.2) is 18.7 Å². The Kier molecular flexibility index (Phi) is 12.3. The van der Waals surface area contributed by atoms with Gasteiger partial charge in [0.1, 0.15) is 5.75 Å². The lowest BCUT2D eigenvalue weighted by atomic mass is 10.1. The van der Waals surface area contributed by atoms with Crippen molar-refractivity contribution in [2.24, 2.45) is 0 Å². The summed E-state index contributed by atoms with van der Waals surface area (Å²) in [6, 6.07) is 19.0. The molecule has 0 unspecified atom stereocenters. The van der Waals surface area contributed by atoms with Crippen molar-refractivity contribution in [1.82, 2.24) is 0 Å². The third-order valence-corrected chi connectivity index (χ3v) is 6.66. The molecule has 0 spiro atoms. The number of para-hydroxylation sites is 2. The fourth-order valence-corrected chi connectivity index (χ4v) is 4.44. The van der Waals surface area contributed by atoms with E-state index in [0.717, 1.165) is 42.4 Å². The monoisotopic (exact) mass is 504 g/mol. The van der Waals surface area contributed by atoms with Crippen molar-refractivity contribution in [2.45, 2.75) is 97.5 Å². The van der Waals surface area contributed by atoms with Gasteiger partial charge < -0.3 is 14.2 Å². The zero-order chi connectivity index (χ0) is 26.3. The third kappa shape index (κ3) is 9.76. The number of carbonyl (C=O) groups excluding carboxylic acids is 1. The van der Waals surface area contributed by atoms with Gasteiger partial charge in [0.2, 0.25) is 0 Å². The first-order chi connectivity index (χ1) is 18.1. The van der Waals surface area contributed by atoms with Crippen molar-refractivity contribution >= 4 is 16.7 Å². The number of unbranched alkanes of at least 4 members (excludes halogenated alkanes) is 8. The maximum Gasteiger partial charge on any atom is 0.343 e. The second-order valence-corrected chi connectivity index (χ2v) is 9.95. The van der Waals surface area contributed by atoms with Gasteiger partial charge in [-0.3, -0.25) is 0 Å². The Morgan fingerprint density at radius 2 is 1.38 bits per heavy atom. The summed E-state index contributed by atoms with van der Waals surface area (Å²) in [5.74, 6) is 1.53. The predicted molar refractivity (Wildman–Crippen MR) is 153 cm³/mol. The molecule has 0 saturated carbocycles. The molecule has 0 fully saturated rings. The molecule has 0 aliphatic carbocycles. The molecule has 0 aliphatic heterocycles. The van der Waals surface area contributed by atoms with E-state index in [1.54, 1.807) is 6.07 Å². The molecule has 1 atom stereocenters. The number of hydrogen-bond donors (Lipinski definition) is 0. The van der Waals surface area contributed by atoms with Crippen LogP contribution in [0.15, 0.2) is 60.7 Å². The highest BCUT2D eigenvalue weighted by molar-refractivity contribution is 5.96. The van der Waals surface area contributed by atoms with Gasteiger partial charge in [0.15, 0.2) is 11.5 Å². The molecule has 3 rings (SSSR count). The van der Waals surface area contributed by atoms with E-state index in [1.165, 1.54) is 51.4 Å². The molecule has 0 aliphatic rings. The predicted octanol–water partition coefficient (Wildman–Crippen LogP) is 9.54. The van der Waals surface area contributed by atoms with Crippen LogP contribution >= 0.6 is 0 Å². The lowest BCUT2D eigenvalue weighted by molar-refractivity contribution is 0.0723. The largest absolute Gasteiger partial charge is 0.494 e. The molecule has 37 heavy (non-hydrogen) atoms. The van der Waals surface area contributed by atoms with Crippen LogP contribution in [0.5, 0.6) is 17.2 Å². The van der Waals surface area contributed by atoms with E-state index >= 15 is 0 Å². The van der Waals surface area contributed by atoms with Gasteiger partial charge in [0.25, 0.3) is 0 Å². The summed E-state index contributed by atoms with van der Waals surface area (Å²) in [6.07, 6.45) is 13.4. The standard InChI is InChI=1S/C33H44O4/c1-4-6-8-10-11-15-23-35-30-22-21-27-24-29(20-19-28(27)25-30)33(34)37-32-18-14-13-17-31(32)36-26(3)16-12-9-7-5-2/h13-14,17-22,24-26H,4-12,15-16,23H2,1-3H3/t26-/m1/s1. The summed E-state index contributed by atoms with van der Waals surface area (Å²) in [5.41, 5.74) is 0.510. The fraction of sp³-hybridized carbons (Fsp3) is 0.485. The van der Waals surface area contributed by atoms with Crippen LogP contribution in [0.25, 0.3) is 10.8 Å². The SMILES string of the molecule is CCCCCCCCOc1ccc2cc(C(=O)Oc3ccccc3O[C@H](C)CCCCCC)ccc2c1. The van der Waals surface area contributed by atoms with E-state index in [-0.39, 0.29) is 6.10 Å². The minimum absolute atomic E-state index is 0.0647. The molecule has 3 aromatic carbocycles. The van der Waals surface area contributed by atoms with Crippen molar-refractivity contribution < 1.29 is 19.0 Å². The average Bonchev–Trinajstić information content (AvgIpc) is 2.91. The van der Waals surface area contributed by atoms with Gasteiger partial charge in [-0.2, -0.15) is 0 Å². The van der Waals surface area contributed by atoms with Gasteiger partial charge in [-0.1, -0.05) is 89.5 Å². The summed E-state index contributed by atoms with van der Waals surface area (Å²) < 4.78 is 17.8. The third-order valence-electron chi connectivity index (χ3n) is 6.66. The highest BCUT2D eigenvalue weighted by atomic mass is 16.6. The Bertz CT molecular complexity index is 1090. The number of ether oxygens (including phenoxy) is 3. The number of fused-ring (bicyclic) bond motifs is 1. The van der Waals surface area contributed by atoms with Crippen molar-refractivity contribution in [3.05, 3.63) is 66.2 Å². The van der Waals surface area contributed by atoms with Crippen LogP contribution in [0, 0.1) is 0 Å². The molecular weight excluding hydrogens is 460 g/mol. The van der Waals surface area contributed by atoms with Gasteiger partial charge in [-0.05, 0) is 73.4 Å². The highest BCUT2D eigenvalue weighted by Crippen LogP contribution is 2.30. The maximum atomic E-state index is 13.0. The topological polar surface area (TPSA) is 44.8 Å². The Labute approximate surface area is 223 Å². The van der Waals surface area contributed by atoms with E-state index in [2.05, 4.69) is 20.8 Å². The molecule has 4 nitrogen and oxygen atoms in total. The summed E-state index contributed by atoms with van der Waals surface area (Å²) in [7, 11) is 0. The van der Waals surface area contributed by atoms with E-state index in [0.29, 0.717) is 17.1 Å². The van der Waals surface area contributed by atoms with Crippen molar-refractivity contribution in [3.63, 3.8) is 0 Å². The molecule has 0 heterocycles. The lowest BCUT2D eigenvalue weighted by Crippen LogP contribution is -2.14. The van der Waals surface area contributed by atoms with Gasteiger partial charge in [0.05, 0.1) is 18.3 Å². The Balaban J connectivity index is 1.55. The van der Waals surface area contributed by atoms with Crippen LogP contribution in [0.3, 0.4) is 0 Å². The normalized spacial score (nSPS) is 11.9. The number of carbonyl (C=O) groups is 1. The second-order valence-electron chi connectivity index (χ2n) is 9.95. The van der Waals surface area contributed by atoms with Crippen LogP contribution < -0.4 is 14.2 Å². The summed E-state index contributed by atoms with van der Waals surface area (Å²) in [6.45, 7) is 7.26. The van der Waals surface area contributed by atoms with E-state index < -0.39 is 5.97 Å². The lowest BCUT2D eigenvalue weighted by Gasteiger charge is -2.17. The molecule has 0 aromatic heterocycles. The first kappa shape index (κ1) is 28.6. The minimum Gasteiger partial charge on any atom is -0.494 e. The quantitative estimate of drug-likeness (QED) is 0.104. The average molecular weight is 505 g/mol. The number of hydrogen-bond acceptors (Lipinski definition) is 4. The van der Waals surface area contributed by atoms with E-state index in [4.69, 9.17) is 14.2 Å². The summed E-state index contributed by atoms with van der Waals surface area (Å²) in [5, 5.41) is 2.02. The van der Waals surface area contributed by atoms with Gasteiger partial charge >= 0.3 is 5.97 Å². The minimum atomic E-state index is -0.392. The van der Waals surface area contributed by atoms with Gasteiger partial charge in [-0.25, -0.2) is 4.79 Å². The zero-order valence-corrected chi connectivity index (χ0v) is 23.0. The van der Waals surface area contributed by atoms with Gasteiger partial charge in [0, 0.05) is 0 Å². The van der Waals surface area contributed by atoms with Crippen LogP contribution in [0.2, 0.25) is 0 Å². The highest BCUT2D eigenvalue weighted by Gasteiger charge is 2.15. The molecule has 4 heteroatoms. The summed E-state index contributed by atoms with van der Waals surface area (Å²) >= 11 is 0. The molecule has 200 valence electrons. The number of esters is 1. The first-order valence-corrected chi connectivity index (χ1v) is 14.2. The van der Waals surface area contributed by atoms with E-state index in [1.807, 2.05) is 54.6 Å². The van der Waals surface area contributed by atoms with Crippen LogP contribution in [0.4, 0.5) is 0 Å². The van der Waals surface area contributed by atoms with Crippen molar-refractivity contribution in [3.8, 4) is 17.2 Å². The number of benzene rings is 3. The second kappa shape index (κ2) is 16.0. The molecule has 3 aromatic rings. The van der Waals surface area contributed by atoms with Crippen LogP contribution in [-0.2, 0) is 0 Å². The van der Waals surface area contributed by atoms with E-state index in [9.17, 15) is 4.79 Å². The first-order valence-electron chi connectivity index (χ1n) is 14.2. The Hall–Kier alpha value is -3.01. The van der Waals surface area contributed by atoms with Crippen molar-refractivity contribution in [2.75, 3.05) is 6.61 Å². The molecule has 0 bridgehead atoms. The fourth-order valence-electron chi connectivity index (χ4n) is 4.44. The molecule has 0 amide bonds. The molecule has 0 N–H and O–H groups in total. The van der Waals surface area contributed by atoms with Crippen molar-refractivity contribution in [1.29, 1.82) is 0 Å². The maximum absolute atomic E-state index is 13.0. The smallest absolute Gasteiger partial charge is 0.343 e. The van der Waals surface area contributed by atoms with Gasteiger partial charge in [-0.15, -0.1) is 0 Å². The zero-order valence-electron chi connectivity index (χ0n) is 23.0.